The standard InChI is InChI=1S/C26H35O4PS/c1-29-22-17-18-24(32(27)28)26(30-2)25(22)21-15-9-10-16-23(21)31(19-11-5-3-6-12-19)20-13-7-4-8-14-20/h9-10,15-20H,3-8,11-14H2,1-2H3,(H,27,28)/p-1. The Morgan fingerprint density at radius 2 is 1.44 bits per heavy atom. The SMILES string of the molecule is COc1ccc(S(=O)[O-])c(OC)c1-c1ccccc1P(C1CCCCC1)C1CCCCC1. The third kappa shape index (κ3) is 4.90. The highest BCUT2D eigenvalue weighted by atomic mass is 32.2. The molecule has 6 heteroatoms. The normalized spacial score (nSPS) is 19.1. The second-order valence-electron chi connectivity index (χ2n) is 8.92. The molecule has 174 valence electrons. The van der Waals surface area contributed by atoms with Gasteiger partial charge in [0, 0.05) is 0 Å². The molecule has 0 aliphatic heterocycles. The van der Waals surface area contributed by atoms with Crippen LogP contribution in [0.25, 0.3) is 11.1 Å². The van der Waals surface area contributed by atoms with Gasteiger partial charge in [0.15, 0.2) is 0 Å². The lowest BCUT2D eigenvalue weighted by Crippen LogP contribution is -2.27. The van der Waals surface area contributed by atoms with Crippen molar-refractivity contribution in [2.75, 3.05) is 14.2 Å². The van der Waals surface area contributed by atoms with E-state index in [4.69, 9.17) is 9.47 Å². The Hall–Kier alpha value is -1.42. The quantitative estimate of drug-likeness (QED) is 0.346. The average molecular weight is 474 g/mol. The summed E-state index contributed by atoms with van der Waals surface area (Å²) in [6.07, 6.45) is 13.3. The minimum absolute atomic E-state index is 0.178. The van der Waals surface area contributed by atoms with Gasteiger partial charge < -0.3 is 14.0 Å². The fourth-order valence-corrected chi connectivity index (χ4v) is 10.1. The third-order valence-corrected chi connectivity index (χ3v) is 11.3. The minimum Gasteiger partial charge on any atom is -0.768 e. The summed E-state index contributed by atoms with van der Waals surface area (Å²) in [5, 5.41) is 1.40. The maximum atomic E-state index is 12.0. The summed E-state index contributed by atoms with van der Waals surface area (Å²) < 4.78 is 35.3. The first kappa shape index (κ1) is 23.7. The minimum atomic E-state index is -2.39. The molecule has 0 heterocycles. The van der Waals surface area contributed by atoms with E-state index < -0.39 is 11.1 Å². The van der Waals surface area contributed by atoms with Crippen LogP contribution in [0, 0.1) is 0 Å². The number of benzene rings is 2. The molecule has 2 aromatic rings. The van der Waals surface area contributed by atoms with Crippen LogP contribution in [0.2, 0.25) is 0 Å². The molecule has 0 bridgehead atoms. The molecule has 1 unspecified atom stereocenters. The van der Waals surface area contributed by atoms with E-state index in [0.29, 0.717) is 11.5 Å². The van der Waals surface area contributed by atoms with Gasteiger partial charge in [-0.15, -0.1) is 0 Å². The largest absolute Gasteiger partial charge is 0.768 e. The molecule has 0 amide bonds. The van der Waals surface area contributed by atoms with Crippen LogP contribution in [-0.2, 0) is 11.1 Å². The first-order valence-corrected chi connectivity index (χ1v) is 14.4. The highest BCUT2D eigenvalue weighted by molar-refractivity contribution is 7.79. The van der Waals surface area contributed by atoms with Gasteiger partial charge in [-0.2, -0.15) is 0 Å². The predicted molar refractivity (Wildman–Crippen MR) is 132 cm³/mol. The maximum absolute atomic E-state index is 12.0. The van der Waals surface area contributed by atoms with E-state index in [9.17, 15) is 8.76 Å². The lowest BCUT2D eigenvalue weighted by atomic mass is 9.99. The Bertz CT molecular complexity index is 917. The first-order chi connectivity index (χ1) is 15.7. The first-order valence-electron chi connectivity index (χ1n) is 11.9. The van der Waals surface area contributed by atoms with Gasteiger partial charge in [0.1, 0.15) is 11.5 Å². The zero-order chi connectivity index (χ0) is 22.5. The molecule has 2 aliphatic rings. The molecule has 0 aromatic heterocycles. The predicted octanol–water partition coefficient (Wildman–Crippen LogP) is 6.38. The van der Waals surface area contributed by atoms with Gasteiger partial charge in [-0.05, 0) is 71.1 Å². The molecule has 2 aromatic carbocycles. The van der Waals surface area contributed by atoms with Gasteiger partial charge in [-0.3, -0.25) is 4.21 Å². The molecule has 1 atom stereocenters. The highest BCUT2D eigenvalue weighted by Crippen LogP contribution is 2.57. The van der Waals surface area contributed by atoms with Gasteiger partial charge in [0.05, 0.1) is 24.7 Å². The Morgan fingerprint density at radius 1 is 0.844 bits per heavy atom. The molecule has 4 nitrogen and oxygen atoms in total. The fourth-order valence-electron chi connectivity index (χ4n) is 5.62. The molecule has 0 N–H and O–H groups in total. The highest BCUT2D eigenvalue weighted by Gasteiger charge is 2.34. The van der Waals surface area contributed by atoms with Gasteiger partial charge in [-0.25, -0.2) is 0 Å². The zero-order valence-corrected chi connectivity index (χ0v) is 20.9. The summed E-state index contributed by atoms with van der Waals surface area (Å²) in [6, 6.07) is 11.9. The van der Waals surface area contributed by atoms with E-state index >= 15 is 0 Å². The van der Waals surface area contributed by atoms with E-state index in [0.717, 1.165) is 22.4 Å². The molecule has 2 fully saturated rings. The number of ether oxygens (including phenoxy) is 2. The van der Waals surface area contributed by atoms with Crippen LogP contribution in [-0.4, -0.2) is 34.3 Å². The summed E-state index contributed by atoms with van der Waals surface area (Å²) in [4.78, 5) is 0.178. The Balaban J connectivity index is 1.89. The molecule has 0 spiro atoms. The maximum Gasteiger partial charge on any atom is 0.145 e. The molecule has 4 rings (SSSR count). The van der Waals surface area contributed by atoms with Crippen LogP contribution < -0.4 is 14.8 Å². The summed E-state index contributed by atoms with van der Waals surface area (Å²) >= 11 is -2.39. The topological polar surface area (TPSA) is 58.6 Å². The Labute approximate surface area is 196 Å². The van der Waals surface area contributed by atoms with Crippen molar-refractivity contribution in [3.05, 3.63) is 36.4 Å². The molecule has 32 heavy (non-hydrogen) atoms. The van der Waals surface area contributed by atoms with E-state index in [1.54, 1.807) is 26.4 Å². The summed E-state index contributed by atoms with van der Waals surface area (Å²) in [5.41, 5.74) is 3.34. The summed E-state index contributed by atoms with van der Waals surface area (Å²) in [5.74, 6) is 1.04. The fraction of sp³-hybridized carbons (Fsp3) is 0.538. The lowest BCUT2D eigenvalue weighted by molar-refractivity contribution is 0.388. The zero-order valence-electron chi connectivity index (χ0n) is 19.2. The van der Waals surface area contributed by atoms with Crippen LogP contribution in [0.4, 0.5) is 0 Å². The van der Waals surface area contributed by atoms with Crippen molar-refractivity contribution in [3.63, 3.8) is 0 Å². The summed E-state index contributed by atoms with van der Waals surface area (Å²) in [7, 11) is 2.82. The molecule has 0 radical (unpaired) electrons. The summed E-state index contributed by atoms with van der Waals surface area (Å²) in [6.45, 7) is 0. The van der Waals surface area contributed by atoms with Crippen molar-refractivity contribution >= 4 is 24.3 Å². The van der Waals surface area contributed by atoms with Crippen LogP contribution in [0.15, 0.2) is 41.3 Å². The van der Waals surface area contributed by atoms with Gasteiger partial charge in [-0.1, -0.05) is 70.7 Å². The Kier molecular flexibility index (Phi) is 8.26. The van der Waals surface area contributed by atoms with Crippen LogP contribution in [0.1, 0.15) is 64.2 Å². The van der Waals surface area contributed by atoms with Gasteiger partial charge in [0.25, 0.3) is 0 Å². The van der Waals surface area contributed by atoms with E-state index in [2.05, 4.69) is 18.2 Å². The van der Waals surface area contributed by atoms with E-state index in [1.165, 1.54) is 69.5 Å². The molecular formula is C26H34O4PS-. The van der Waals surface area contributed by atoms with E-state index in [1.807, 2.05) is 6.07 Å². The Morgan fingerprint density at radius 3 is 1.97 bits per heavy atom. The van der Waals surface area contributed by atoms with Crippen LogP contribution in [0.3, 0.4) is 0 Å². The van der Waals surface area contributed by atoms with Crippen molar-refractivity contribution in [1.82, 2.24) is 0 Å². The van der Waals surface area contributed by atoms with Crippen LogP contribution in [0.5, 0.6) is 11.5 Å². The van der Waals surface area contributed by atoms with Gasteiger partial charge in [0.2, 0.25) is 0 Å². The van der Waals surface area contributed by atoms with Crippen molar-refractivity contribution in [1.29, 1.82) is 0 Å². The van der Waals surface area contributed by atoms with Crippen molar-refractivity contribution < 1.29 is 18.2 Å². The number of methoxy groups -OCH3 is 2. The van der Waals surface area contributed by atoms with E-state index in [-0.39, 0.29) is 12.8 Å². The number of hydrogen-bond acceptors (Lipinski definition) is 4. The number of hydrogen-bond donors (Lipinski definition) is 0. The number of rotatable bonds is 7. The second kappa shape index (κ2) is 11.1. The smallest absolute Gasteiger partial charge is 0.145 e. The molecule has 2 aliphatic carbocycles. The average Bonchev–Trinajstić information content (AvgIpc) is 2.85. The monoisotopic (exact) mass is 473 g/mol. The van der Waals surface area contributed by atoms with Crippen molar-refractivity contribution in [2.45, 2.75) is 80.4 Å². The second-order valence-corrected chi connectivity index (χ2v) is 12.6. The van der Waals surface area contributed by atoms with Crippen molar-refractivity contribution in [3.8, 4) is 22.6 Å². The third-order valence-electron chi connectivity index (χ3n) is 7.07. The molecule has 2 saturated carbocycles. The molecular weight excluding hydrogens is 439 g/mol. The lowest BCUT2D eigenvalue weighted by Gasteiger charge is -2.39. The van der Waals surface area contributed by atoms with Crippen LogP contribution >= 0.6 is 7.92 Å². The molecule has 0 saturated heterocycles. The van der Waals surface area contributed by atoms with Crippen molar-refractivity contribution in [2.24, 2.45) is 0 Å². The van der Waals surface area contributed by atoms with Gasteiger partial charge >= 0.3 is 0 Å².